The molecule has 0 saturated carbocycles. The van der Waals surface area contributed by atoms with Crippen LogP contribution in [0.5, 0.6) is 0 Å². The molecule has 0 aromatic carbocycles. The van der Waals surface area contributed by atoms with E-state index in [9.17, 15) is 4.79 Å². The molecule has 1 fully saturated rings. The van der Waals surface area contributed by atoms with Gasteiger partial charge in [-0.1, -0.05) is 0 Å². The normalized spacial score (nSPS) is 15.8. The van der Waals surface area contributed by atoms with Crippen LogP contribution in [0.25, 0.3) is 0 Å². The molecule has 1 saturated heterocycles. The van der Waals surface area contributed by atoms with Gasteiger partial charge in [0.25, 0.3) is 5.91 Å². The third-order valence-corrected chi connectivity index (χ3v) is 3.29. The number of carbonyl (C=O) groups excluding carboxylic acids is 1. The fourth-order valence-corrected chi connectivity index (χ4v) is 2.13. The molecule has 3 N–H and O–H groups in total. The zero-order valence-electron chi connectivity index (χ0n) is 11.9. The second kappa shape index (κ2) is 7.76. The highest BCUT2D eigenvalue weighted by molar-refractivity contribution is 5.91. The summed E-state index contributed by atoms with van der Waals surface area (Å²) in [5, 5.41) is 16.9. The van der Waals surface area contributed by atoms with E-state index in [0.29, 0.717) is 11.5 Å². The van der Waals surface area contributed by atoms with E-state index in [4.69, 9.17) is 0 Å². The van der Waals surface area contributed by atoms with E-state index in [0.717, 1.165) is 45.7 Å². The second-order valence-corrected chi connectivity index (χ2v) is 4.75. The molecular formula is C13H22N6O. The Hall–Kier alpha value is -1.73. The lowest BCUT2D eigenvalue weighted by Gasteiger charge is -2.27. The molecule has 0 aliphatic carbocycles. The number of piperazine rings is 1. The Morgan fingerprint density at radius 2 is 2.15 bits per heavy atom. The number of hydrogen-bond acceptors (Lipinski definition) is 6. The number of aromatic nitrogens is 2. The predicted molar refractivity (Wildman–Crippen MR) is 77.8 cm³/mol. The Balaban J connectivity index is 1.67. The SMILES string of the molecule is CNC(=O)c1ccc(NCCCN2CCNCC2)nn1. The molecule has 0 radical (unpaired) electrons. The monoisotopic (exact) mass is 278 g/mol. The number of rotatable bonds is 6. The van der Waals surface area contributed by atoms with E-state index in [-0.39, 0.29) is 5.91 Å². The van der Waals surface area contributed by atoms with Crippen molar-refractivity contribution >= 4 is 11.7 Å². The van der Waals surface area contributed by atoms with Crippen molar-refractivity contribution in [2.75, 3.05) is 51.6 Å². The van der Waals surface area contributed by atoms with Gasteiger partial charge >= 0.3 is 0 Å². The maximum Gasteiger partial charge on any atom is 0.271 e. The largest absolute Gasteiger partial charge is 0.369 e. The highest BCUT2D eigenvalue weighted by Crippen LogP contribution is 2.02. The first-order valence-electron chi connectivity index (χ1n) is 7.02. The lowest BCUT2D eigenvalue weighted by Crippen LogP contribution is -2.44. The molecular weight excluding hydrogens is 256 g/mol. The average molecular weight is 278 g/mol. The van der Waals surface area contributed by atoms with Crippen LogP contribution in [-0.2, 0) is 0 Å². The van der Waals surface area contributed by atoms with Gasteiger partial charge in [0.05, 0.1) is 0 Å². The van der Waals surface area contributed by atoms with Crippen LogP contribution in [-0.4, -0.2) is 67.3 Å². The van der Waals surface area contributed by atoms with E-state index >= 15 is 0 Å². The fraction of sp³-hybridized carbons (Fsp3) is 0.615. The lowest BCUT2D eigenvalue weighted by molar-refractivity contribution is 0.0957. The van der Waals surface area contributed by atoms with E-state index < -0.39 is 0 Å². The lowest BCUT2D eigenvalue weighted by atomic mass is 10.3. The van der Waals surface area contributed by atoms with Gasteiger partial charge in [0, 0.05) is 39.8 Å². The molecule has 0 spiro atoms. The van der Waals surface area contributed by atoms with Gasteiger partial charge in [0.2, 0.25) is 0 Å². The first-order chi connectivity index (χ1) is 9.79. The number of nitrogens with zero attached hydrogens (tertiary/aromatic N) is 3. The Morgan fingerprint density at radius 3 is 2.80 bits per heavy atom. The van der Waals surface area contributed by atoms with Crippen LogP contribution in [0.4, 0.5) is 5.82 Å². The van der Waals surface area contributed by atoms with Crippen LogP contribution < -0.4 is 16.0 Å². The molecule has 2 heterocycles. The van der Waals surface area contributed by atoms with E-state index in [1.807, 2.05) is 0 Å². The van der Waals surface area contributed by atoms with Crippen molar-refractivity contribution < 1.29 is 4.79 Å². The molecule has 0 atom stereocenters. The average Bonchev–Trinajstić information content (AvgIpc) is 2.52. The van der Waals surface area contributed by atoms with Crippen molar-refractivity contribution in [2.24, 2.45) is 0 Å². The van der Waals surface area contributed by atoms with Crippen LogP contribution in [0.2, 0.25) is 0 Å². The molecule has 20 heavy (non-hydrogen) atoms. The zero-order valence-corrected chi connectivity index (χ0v) is 11.9. The Bertz CT molecular complexity index is 415. The van der Waals surface area contributed by atoms with Crippen molar-refractivity contribution in [1.82, 2.24) is 25.7 Å². The summed E-state index contributed by atoms with van der Waals surface area (Å²) in [5.74, 6) is 0.487. The van der Waals surface area contributed by atoms with Gasteiger partial charge in [-0.15, -0.1) is 10.2 Å². The van der Waals surface area contributed by atoms with Gasteiger partial charge in [-0.2, -0.15) is 0 Å². The van der Waals surface area contributed by atoms with Crippen LogP contribution in [0, 0.1) is 0 Å². The summed E-state index contributed by atoms with van der Waals surface area (Å²) in [7, 11) is 1.58. The molecule has 1 aromatic rings. The van der Waals surface area contributed by atoms with Crippen molar-refractivity contribution in [1.29, 1.82) is 0 Å². The van der Waals surface area contributed by atoms with Crippen molar-refractivity contribution in [2.45, 2.75) is 6.42 Å². The Morgan fingerprint density at radius 1 is 1.35 bits per heavy atom. The van der Waals surface area contributed by atoms with Crippen LogP contribution in [0.1, 0.15) is 16.9 Å². The second-order valence-electron chi connectivity index (χ2n) is 4.75. The summed E-state index contributed by atoms with van der Waals surface area (Å²) < 4.78 is 0. The Labute approximate surface area is 119 Å². The standard InChI is InChI=1S/C13H22N6O/c1-14-13(20)11-3-4-12(18-17-11)16-5-2-8-19-9-6-15-7-10-19/h3-4,15H,2,5-10H2,1H3,(H,14,20)(H,16,18). The van der Waals surface area contributed by atoms with Crippen LogP contribution in [0.15, 0.2) is 12.1 Å². The summed E-state index contributed by atoms with van der Waals surface area (Å²) in [4.78, 5) is 13.8. The summed E-state index contributed by atoms with van der Waals surface area (Å²) in [6, 6.07) is 3.45. The minimum Gasteiger partial charge on any atom is -0.369 e. The maximum atomic E-state index is 11.3. The van der Waals surface area contributed by atoms with Crippen molar-refractivity contribution in [3.63, 3.8) is 0 Å². The molecule has 1 aliphatic rings. The van der Waals surface area contributed by atoms with E-state index in [2.05, 4.69) is 31.0 Å². The molecule has 0 unspecified atom stereocenters. The van der Waals surface area contributed by atoms with Gasteiger partial charge < -0.3 is 20.9 Å². The van der Waals surface area contributed by atoms with Gasteiger partial charge in [0.15, 0.2) is 5.69 Å². The molecule has 7 heteroatoms. The summed E-state index contributed by atoms with van der Waals surface area (Å²) in [6.07, 6.45) is 1.07. The number of hydrogen-bond donors (Lipinski definition) is 3. The van der Waals surface area contributed by atoms with Gasteiger partial charge in [-0.25, -0.2) is 0 Å². The minimum absolute atomic E-state index is 0.220. The first-order valence-corrected chi connectivity index (χ1v) is 7.02. The van der Waals surface area contributed by atoms with Crippen molar-refractivity contribution in [3.05, 3.63) is 17.8 Å². The quantitative estimate of drug-likeness (QED) is 0.611. The molecule has 1 aliphatic heterocycles. The molecule has 1 aromatic heterocycles. The smallest absolute Gasteiger partial charge is 0.271 e. The predicted octanol–water partition coefficient (Wildman–Crippen LogP) is -0.457. The maximum absolute atomic E-state index is 11.3. The summed E-state index contributed by atoms with van der Waals surface area (Å²) in [5.41, 5.74) is 0.332. The zero-order chi connectivity index (χ0) is 14.2. The molecule has 0 bridgehead atoms. The molecule has 2 rings (SSSR count). The topological polar surface area (TPSA) is 82.2 Å². The highest BCUT2D eigenvalue weighted by Gasteiger charge is 2.08. The van der Waals surface area contributed by atoms with Crippen LogP contribution >= 0.6 is 0 Å². The number of anilines is 1. The van der Waals surface area contributed by atoms with E-state index in [1.54, 1.807) is 19.2 Å². The number of nitrogens with one attached hydrogen (secondary N) is 3. The third kappa shape index (κ3) is 4.43. The van der Waals surface area contributed by atoms with Gasteiger partial charge in [-0.05, 0) is 25.1 Å². The van der Waals surface area contributed by atoms with Crippen molar-refractivity contribution in [3.8, 4) is 0 Å². The first kappa shape index (κ1) is 14.7. The minimum atomic E-state index is -0.220. The summed E-state index contributed by atoms with van der Waals surface area (Å²) >= 11 is 0. The summed E-state index contributed by atoms with van der Waals surface area (Å²) in [6.45, 7) is 6.37. The molecule has 110 valence electrons. The fourth-order valence-electron chi connectivity index (χ4n) is 2.13. The Kier molecular flexibility index (Phi) is 5.69. The van der Waals surface area contributed by atoms with Gasteiger partial charge in [0.1, 0.15) is 5.82 Å². The number of amides is 1. The van der Waals surface area contributed by atoms with Crippen LogP contribution in [0.3, 0.4) is 0 Å². The van der Waals surface area contributed by atoms with E-state index in [1.165, 1.54) is 0 Å². The number of carbonyl (C=O) groups is 1. The van der Waals surface area contributed by atoms with Gasteiger partial charge in [-0.3, -0.25) is 4.79 Å². The molecule has 1 amide bonds. The highest BCUT2D eigenvalue weighted by atomic mass is 16.1. The molecule has 7 nitrogen and oxygen atoms in total. The third-order valence-electron chi connectivity index (χ3n) is 3.29.